The molecule has 1 aliphatic heterocycles. The number of nitrogens with zero attached hydrogens (tertiary/aromatic N) is 2. The van der Waals surface area contributed by atoms with E-state index in [1.54, 1.807) is 18.2 Å². The van der Waals surface area contributed by atoms with E-state index in [1.807, 2.05) is 26.0 Å². The van der Waals surface area contributed by atoms with Crippen molar-refractivity contribution in [3.63, 3.8) is 0 Å². The Morgan fingerprint density at radius 2 is 2.03 bits per heavy atom. The van der Waals surface area contributed by atoms with Crippen molar-refractivity contribution in [1.82, 2.24) is 9.97 Å². The van der Waals surface area contributed by atoms with Crippen LogP contribution in [-0.2, 0) is 10.9 Å². The van der Waals surface area contributed by atoms with Gasteiger partial charge in [0, 0.05) is 41.7 Å². The average molecular weight is 516 g/mol. The largest absolute Gasteiger partial charge is 0.475 e. The van der Waals surface area contributed by atoms with Crippen molar-refractivity contribution in [2.75, 3.05) is 25.1 Å². The number of halogens is 3. The van der Waals surface area contributed by atoms with Gasteiger partial charge in [0.1, 0.15) is 12.3 Å². The molecule has 1 fully saturated rings. The molecule has 2 aromatic heterocycles. The number of aromatic nitrogens is 2. The highest BCUT2D eigenvalue weighted by molar-refractivity contribution is 6.04. The first-order valence-corrected chi connectivity index (χ1v) is 12.0. The van der Waals surface area contributed by atoms with Crippen LogP contribution >= 0.6 is 0 Å². The van der Waals surface area contributed by atoms with E-state index in [0.29, 0.717) is 18.2 Å². The minimum absolute atomic E-state index is 0.0982. The SMILES string of the molecule is Cc1ccc(NC(=O)c2ccnc(C(F)(F)F)c2)cc1-c1cc(OCCO)nc(C2CCOC(C)C2)c1. The summed E-state index contributed by atoms with van der Waals surface area (Å²) in [4.78, 5) is 20.7. The van der Waals surface area contributed by atoms with Gasteiger partial charge in [0.15, 0.2) is 0 Å². The molecule has 2 atom stereocenters. The third-order valence-corrected chi connectivity index (χ3v) is 6.19. The lowest BCUT2D eigenvalue weighted by molar-refractivity contribution is -0.141. The third-order valence-electron chi connectivity index (χ3n) is 6.19. The summed E-state index contributed by atoms with van der Waals surface area (Å²) in [6.45, 7) is 4.53. The molecule has 4 rings (SSSR count). The number of amides is 1. The Morgan fingerprint density at radius 1 is 1.22 bits per heavy atom. The number of alkyl halides is 3. The summed E-state index contributed by atoms with van der Waals surface area (Å²) in [6.07, 6.45) is -1.94. The Hall–Kier alpha value is -3.50. The number of hydrogen-bond donors (Lipinski definition) is 2. The van der Waals surface area contributed by atoms with Crippen LogP contribution in [0.4, 0.5) is 18.9 Å². The highest BCUT2D eigenvalue weighted by atomic mass is 19.4. The highest BCUT2D eigenvalue weighted by Crippen LogP contribution is 2.35. The topological polar surface area (TPSA) is 93.6 Å². The van der Waals surface area contributed by atoms with E-state index in [2.05, 4.69) is 15.3 Å². The van der Waals surface area contributed by atoms with Crippen molar-refractivity contribution in [3.05, 3.63) is 71.2 Å². The van der Waals surface area contributed by atoms with Gasteiger partial charge in [-0.2, -0.15) is 13.2 Å². The molecule has 2 unspecified atom stereocenters. The smallest absolute Gasteiger partial charge is 0.433 e. The fraction of sp³-hybridized carbons (Fsp3) is 0.370. The van der Waals surface area contributed by atoms with E-state index < -0.39 is 17.8 Å². The van der Waals surface area contributed by atoms with Crippen LogP contribution in [0.25, 0.3) is 11.1 Å². The van der Waals surface area contributed by atoms with Gasteiger partial charge in [0.25, 0.3) is 5.91 Å². The van der Waals surface area contributed by atoms with Crippen LogP contribution in [0.5, 0.6) is 5.88 Å². The summed E-state index contributed by atoms with van der Waals surface area (Å²) in [5.74, 6) is -0.120. The van der Waals surface area contributed by atoms with E-state index in [-0.39, 0.29) is 30.8 Å². The first-order valence-electron chi connectivity index (χ1n) is 12.0. The van der Waals surface area contributed by atoms with Gasteiger partial charge >= 0.3 is 6.18 Å². The number of nitrogens with one attached hydrogen (secondary N) is 1. The second-order valence-electron chi connectivity index (χ2n) is 9.01. The van der Waals surface area contributed by atoms with Crippen LogP contribution in [0, 0.1) is 6.92 Å². The molecule has 3 aromatic rings. The number of carbonyl (C=O) groups is 1. The van der Waals surface area contributed by atoms with E-state index in [9.17, 15) is 23.1 Å². The van der Waals surface area contributed by atoms with Gasteiger partial charge in [-0.05, 0) is 73.7 Å². The van der Waals surface area contributed by atoms with Crippen molar-refractivity contribution < 1.29 is 32.5 Å². The fourth-order valence-electron chi connectivity index (χ4n) is 4.32. The molecule has 37 heavy (non-hydrogen) atoms. The molecular weight excluding hydrogens is 487 g/mol. The minimum Gasteiger partial charge on any atom is -0.475 e. The zero-order valence-corrected chi connectivity index (χ0v) is 20.5. The lowest BCUT2D eigenvalue weighted by atomic mass is 9.90. The Balaban J connectivity index is 1.65. The molecular formula is C27H28F3N3O4. The molecule has 1 aromatic carbocycles. The second-order valence-corrected chi connectivity index (χ2v) is 9.01. The number of aliphatic hydroxyl groups excluding tert-OH is 1. The molecule has 1 aliphatic rings. The van der Waals surface area contributed by atoms with Crippen LogP contribution in [0.2, 0.25) is 0 Å². The summed E-state index contributed by atoms with van der Waals surface area (Å²) in [5, 5.41) is 11.9. The maximum atomic E-state index is 13.0. The molecule has 196 valence electrons. The number of aryl methyl sites for hydroxylation is 1. The molecule has 3 heterocycles. The van der Waals surface area contributed by atoms with Crippen LogP contribution in [0.1, 0.15) is 53.0 Å². The summed E-state index contributed by atoms with van der Waals surface area (Å²) in [7, 11) is 0. The number of benzene rings is 1. The summed E-state index contributed by atoms with van der Waals surface area (Å²) in [6, 6.07) is 11.0. The number of carbonyl (C=O) groups excluding carboxylic acids is 1. The first kappa shape index (κ1) is 26.6. The lowest BCUT2D eigenvalue weighted by Gasteiger charge is -2.27. The van der Waals surface area contributed by atoms with Crippen molar-refractivity contribution in [1.29, 1.82) is 0 Å². The Kier molecular flexibility index (Phi) is 8.09. The van der Waals surface area contributed by atoms with Crippen LogP contribution in [-0.4, -0.2) is 46.9 Å². The highest BCUT2D eigenvalue weighted by Gasteiger charge is 2.33. The van der Waals surface area contributed by atoms with E-state index in [1.165, 1.54) is 6.07 Å². The molecule has 0 saturated carbocycles. The minimum atomic E-state index is -4.65. The summed E-state index contributed by atoms with van der Waals surface area (Å²) >= 11 is 0. The zero-order valence-electron chi connectivity index (χ0n) is 20.5. The van der Waals surface area contributed by atoms with Crippen molar-refractivity contribution in [2.24, 2.45) is 0 Å². The number of aliphatic hydroxyl groups is 1. The Morgan fingerprint density at radius 3 is 2.76 bits per heavy atom. The zero-order chi connectivity index (χ0) is 26.6. The first-order chi connectivity index (χ1) is 17.6. The fourth-order valence-corrected chi connectivity index (χ4v) is 4.32. The molecule has 0 aliphatic carbocycles. The number of hydrogen-bond acceptors (Lipinski definition) is 6. The third kappa shape index (κ3) is 6.64. The number of rotatable bonds is 7. The van der Waals surface area contributed by atoms with Gasteiger partial charge in [-0.3, -0.25) is 9.78 Å². The quantitative estimate of drug-likeness (QED) is 0.439. The summed E-state index contributed by atoms with van der Waals surface area (Å²) in [5.41, 5.74) is 2.54. The molecule has 0 spiro atoms. The Labute approximate surface area is 212 Å². The van der Waals surface area contributed by atoms with Gasteiger partial charge < -0.3 is 19.9 Å². The van der Waals surface area contributed by atoms with E-state index in [4.69, 9.17) is 9.47 Å². The Bertz CT molecular complexity index is 1270. The molecule has 1 saturated heterocycles. The van der Waals surface area contributed by atoms with Crippen molar-refractivity contribution >= 4 is 11.6 Å². The van der Waals surface area contributed by atoms with Gasteiger partial charge in [0.2, 0.25) is 5.88 Å². The predicted octanol–water partition coefficient (Wildman–Crippen LogP) is 5.38. The van der Waals surface area contributed by atoms with Gasteiger partial charge in [0.05, 0.1) is 12.7 Å². The molecule has 10 heteroatoms. The normalized spacial score (nSPS) is 17.9. The number of pyridine rings is 2. The van der Waals surface area contributed by atoms with Crippen molar-refractivity contribution in [2.45, 2.75) is 44.9 Å². The molecule has 7 nitrogen and oxygen atoms in total. The number of anilines is 1. The second kappa shape index (κ2) is 11.3. The van der Waals surface area contributed by atoms with Gasteiger partial charge in [-0.1, -0.05) is 6.07 Å². The molecule has 0 bridgehead atoms. The van der Waals surface area contributed by atoms with Crippen LogP contribution in [0.15, 0.2) is 48.7 Å². The van der Waals surface area contributed by atoms with Gasteiger partial charge in [-0.25, -0.2) is 4.98 Å². The van der Waals surface area contributed by atoms with Gasteiger partial charge in [-0.15, -0.1) is 0 Å². The monoisotopic (exact) mass is 515 g/mol. The standard InChI is InChI=1S/C27H28F3N3O4/c1-16-3-4-21(32-26(35)19-5-7-31-24(13-19)27(28,29)30)15-22(16)20-12-23(18-6-9-36-17(2)11-18)33-25(14-20)37-10-8-34/h3-5,7,12-15,17-18,34H,6,8-11H2,1-2H3,(H,32,35). The van der Waals surface area contributed by atoms with Crippen molar-refractivity contribution in [3.8, 4) is 17.0 Å². The molecule has 2 N–H and O–H groups in total. The predicted molar refractivity (Wildman–Crippen MR) is 132 cm³/mol. The average Bonchev–Trinajstić information content (AvgIpc) is 2.88. The molecule has 0 radical (unpaired) electrons. The van der Waals surface area contributed by atoms with E-state index >= 15 is 0 Å². The summed E-state index contributed by atoms with van der Waals surface area (Å²) < 4.78 is 50.4. The van der Waals surface area contributed by atoms with Crippen LogP contribution < -0.4 is 10.1 Å². The molecule has 1 amide bonds. The maximum Gasteiger partial charge on any atom is 0.433 e. The number of ether oxygens (including phenoxy) is 2. The maximum absolute atomic E-state index is 13.0. The lowest BCUT2D eigenvalue weighted by Crippen LogP contribution is -2.22. The van der Waals surface area contributed by atoms with Crippen LogP contribution in [0.3, 0.4) is 0 Å². The van der Waals surface area contributed by atoms with E-state index in [0.717, 1.165) is 47.5 Å².